The minimum atomic E-state index is 0.280. The maximum atomic E-state index is 9.75. The summed E-state index contributed by atoms with van der Waals surface area (Å²) in [6.45, 7) is 5.93. The molecule has 0 spiro atoms. The van der Waals surface area contributed by atoms with Crippen LogP contribution in [0.15, 0.2) is 0 Å². The first-order valence-corrected chi connectivity index (χ1v) is 4.55. The second kappa shape index (κ2) is 3.56. The third kappa shape index (κ3) is 1.52. The smallest absolute Gasteiger partial charge is 0.123 e. The molecule has 3 N–H and O–H groups in total. The van der Waals surface area contributed by atoms with E-state index in [1.54, 1.807) is 0 Å². The summed E-state index contributed by atoms with van der Waals surface area (Å²) in [6, 6.07) is 0. The maximum Gasteiger partial charge on any atom is 0.123 e. The van der Waals surface area contributed by atoms with E-state index in [4.69, 9.17) is 17.3 Å². The van der Waals surface area contributed by atoms with Crippen molar-refractivity contribution < 1.29 is 5.11 Å². The summed E-state index contributed by atoms with van der Waals surface area (Å²) in [5.41, 5.74) is 8.88. The van der Waals surface area contributed by atoms with Gasteiger partial charge in [-0.15, -0.1) is 0 Å². The minimum absolute atomic E-state index is 0.280. The highest BCUT2D eigenvalue weighted by Gasteiger charge is 2.13. The highest BCUT2D eigenvalue weighted by atomic mass is 35.5. The zero-order valence-electron chi connectivity index (χ0n) is 8.11. The van der Waals surface area contributed by atoms with Crippen LogP contribution in [0.25, 0.3) is 0 Å². The van der Waals surface area contributed by atoms with Crippen molar-refractivity contribution >= 4 is 11.6 Å². The molecule has 0 unspecified atom stereocenters. The Morgan fingerprint density at radius 1 is 1.15 bits per heavy atom. The minimum Gasteiger partial charge on any atom is -0.507 e. The Bertz CT molecular complexity index is 318. The summed E-state index contributed by atoms with van der Waals surface area (Å²) in [7, 11) is 0. The quantitative estimate of drug-likeness (QED) is 0.730. The molecule has 1 aromatic rings. The molecular weight excluding hydrogens is 186 g/mol. The topological polar surface area (TPSA) is 46.2 Å². The van der Waals surface area contributed by atoms with Gasteiger partial charge in [0.2, 0.25) is 0 Å². The normalized spacial score (nSPS) is 10.5. The lowest BCUT2D eigenvalue weighted by atomic mass is 9.99. The van der Waals surface area contributed by atoms with Crippen LogP contribution in [0, 0.1) is 20.8 Å². The number of hydrogen-bond donors (Lipinski definition) is 2. The summed E-state index contributed by atoms with van der Waals surface area (Å²) in [5, 5.41) is 10.4. The van der Waals surface area contributed by atoms with E-state index in [1.807, 2.05) is 20.8 Å². The molecule has 2 nitrogen and oxygen atoms in total. The van der Waals surface area contributed by atoms with E-state index in [0.717, 1.165) is 22.3 Å². The number of phenolic OH excluding ortho intramolecular Hbond substituents is 1. The van der Waals surface area contributed by atoms with E-state index in [-0.39, 0.29) is 5.75 Å². The first-order chi connectivity index (χ1) is 6.00. The molecule has 1 rings (SSSR count). The molecule has 0 amide bonds. The van der Waals surface area contributed by atoms with Crippen LogP contribution in [0.3, 0.4) is 0 Å². The zero-order valence-corrected chi connectivity index (χ0v) is 8.87. The predicted molar refractivity (Wildman–Crippen MR) is 55.2 cm³/mol. The van der Waals surface area contributed by atoms with Crippen molar-refractivity contribution in [1.82, 2.24) is 0 Å². The van der Waals surface area contributed by atoms with Crippen LogP contribution in [0.2, 0.25) is 5.02 Å². The van der Waals surface area contributed by atoms with Crippen molar-refractivity contribution in [3.05, 3.63) is 27.3 Å². The molecule has 0 saturated heterocycles. The fraction of sp³-hybridized carbons (Fsp3) is 0.400. The van der Waals surface area contributed by atoms with Gasteiger partial charge in [0.1, 0.15) is 5.75 Å². The van der Waals surface area contributed by atoms with Gasteiger partial charge < -0.3 is 10.8 Å². The van der Waals surface area contributed by atoms with Crippen LogP contribution in [-0.2, 0) is 6.54 Å². The van der Waals surface area contributed by atoms with Crippen molar-refractivity contribution in [2.24, 2.45) is 5.73 Å². The first kappa shape index (κ1) is 10.4. The SMILES string of the molecule is Cc1c(C)c(Cl)c(C)c(CN)c1O. The van der Waals surface area contributed by atoms with Crippen molar-refractivity contribution in [3.8, 4) is 5.75 Å². The van der Waals surface area contributed by atoms with E-state index in [0.29, 0.717) is 11.6 Å². The van der Waals surface area contributed by atoms with Gasteiger partial charge in [-0.3, -0.25) is 0 Å². The first-order valence-electron chi connectivity index (χ1n) is 4.17. The Hall–Kier alpha value is -0.730. The molecule has 0 fully saturated rings. The molecule has 13 heavy (non-hydrogen) atoms. The number of phenols is 1. The van der Waals surface area contributed by atoms with Crippen LogP contribution >= 0.6 is 11.6 Å². The molecule has 0 heterocycles. The van der Waals surface area contributed by atoms with E-state index >= 15 is 0 Å². The molecule has 3 heteroatoms. The number of nitrogens with two attached hydrogens (primary N) is 1. The highest BCUT2D eigenvalue weighted by Crippen LogP contribution is 2.34. The monoisotopic (exact) mass is 199 g/mol. The molecule has 0 aromatic heterocycles. The summed E-state index contributed by atoms with van der Waals surface area (Å²) in [6.07, 6.45) is 0. The van der Waals surface area contributed by atoms with Crippen molar-refractivity contribution in [2.45, 2.75) is 27.3 Å². The van der Waals surface area contributed by atoms with Gasteiger partial charge in [0.15, 0.2) is 0 Å². The lowest BCUT2D eigenvalue weighted by Crippen LogP contribution is -2.03. The standard InChI is InChI=1S/C10H14ClNO/c1-5-6(2)10(13)8(4-12)7(3)9(5)11/h13H,4,12H2,1-3H3. The summed E-state index contributed by atoms with van der Waals surface area (Å²) in [5.74, 6) is 0.280. The van der Waals surface area contributed by atoms with Crippen molar-refractivity contribution in [1.29, 1.82) is 0 Å². The lowest BCUT2D eigenvalue weighted by Gasteiger charge is -2.14. The number of aromatic hydroxyl groups is 1. The third-order valence-electron chi connectivity index (χ3n) is 2.52. The number of halogens is 1. The maximum absolute atomic E-state index is 9.75. The Morgan fingerprint density at radius 3 is 2.15 bits per heavy atom. The van der Waals surface area contributed by atoms with E-state index in [2.05, 4.69) is 0 Å². The molecule has 0 atom stereocenters. The van der Waals surface area contributed by atoms with Crippen LogP contribution in [0.4, 0.5) is 0 Å². The van der Waals surface area contributed by atoms with E-state index in [1.165, 1.54) is 0 Å². The molecule has 0 aliphatic carbocycles. The average molecular weight is 200 g/mol. The van der Waals surface area contributed by atoms with Gasteiger partial charge in [-0.2, -0.15) is 0 Å². The van der Waals surface area contributed by atoms with Crippen LogP contribution < -0.4 is 5.73 Å². The van der Waals surface area contributed by atoms with Gasteiger partial charge in [-0.1, -0.05) is 11.6 Å². The number of hydrogen-bond acceptors (Lipinski definition) is 2. The number of benzene rings is 1. The lowest BCUT2D eigenvalue weighted by molar-refractivity contribution is 0.463. The average Bonchev–Trinajstić information content (AvgIpc) is 2.13. The van der Waals surface area contributed by atoms with Gasteiger partial charge in [0.25, 0.3) is 0 Å². The summed E-state index contributed by atoms with van der Waals surface area (Å²) >= 11 is 6.07. The molecule has 1 aromatic carbocycles. The summed E-state index contributed by atoms with van der Waals surface area (Å²) < 4.78 is 0. The fourth-order valence-corrected chi connectivity index (χ4v) is 1.67. The number of rotatable bonds is 1. The third-order valence-corrected chi connectivity index (χ3v) is 3.09. The van der Waals surface area contributed by atoms with Gasteiger partial charge in [-0.25, -0.2) is 0 Å². The Balaban J connectivity index is 3.56. The largest absolute Gasteiger partial charge is 0.507 e. The molecule has 0 radical (unpaired) electrons. The van der Waals surface area contributed by atoms with Crippen molar-refractivity contribution in [2.75, 3.05) is 0 Å². The molecule has 0 bridgehead atoms. The Morgan fingerprint density at radius 2 is 1.69 bits per heavy atom. The van der Waals surface area contributed by atoms with Crippen LogP contribution in [0.5, 0.6) is 5.75 Å². The second-order valence-corrected chi connectivity index (χ2v) is 3.60. The van der Waals surface area contributed by atoms with E-state index in [9.17, 15) is 5.11 Å². The van der Waals surface area contributed by atoms with Gasteiger partial charge in [-0.05, 0) is 37.5 Å². The molecule has 72 valence electrons. The van der Waals surface area contributed by atoms with Crippen LogP contribution in [0.1, 0.15) is 22.3 Å². The Labute approximate surface area is 83.3 Å². The van der Waals surface area contributed by atoms with Gasteiger partial charge in [0, 0.05) is 17.1 Å². The molecule has 0 aliphatic heterocycles. The second-order valence-electron chi connectivity index (χ2n) is 3.22. The zero-order chi connectivity index (χ0) is 10.2. The Kier molecular flexibility index (Phi) is 2.84. The van der Waals surface area contributed by atoms with E-state index < -0.39 is 0 Å². The fourth-order valence-electron chi connectivity index (χ4n) is 1.41. The van der Waals surface area contributed by atoms with Crippen LogP contribution in [-0.4, -0.2) is 5.11 Å². The predicted octanol–water partition coefficient (Wildman–Crippen LogP) is 2.43. The van der Waals surface area contributed by atoms with Crippen molar-refractivity contribution in [3.63, 3.8) is 0 Å². The van der Waals surface area contributed by atoms with Gasteiger partial charge in [0.05, 0.1) is 0 Å². The molecule has 0 saturated carbocycles. The highest BCUT2D eigenvalue weighted by molar-refractivity contribution is 6.32. The molecular formula is C10H14ClNO. The molecule has 0 aliphatic rings. The van der Waals surface area contributed by atoms with Gasteiger partial charge >= 0.3 is 0 Å². The summed E-state index contributed by atoms with van der Waals surface area (Å²) in [4.78, 5) is 0.